The van der Waals surface area contributed by atoms with Gasteiger partial charge in [-0.25, -0.2) is 4.98 Å². The summed E-state index contributed by atoms with van der Waals surface area (Å²) in [5, 5.41) is 17.5. The van der Waals surface area contributed by atoms with Gasteiger partial charge in [0.1, 0.15) is 5.76 Å². The van der Waals surface area contributed by atoms with Crippen molar-refractivity contribution in [1.29, 1.82) is 0 Å². The molecule has 0 aromatic carbocycles. The van der Waals surface area contributed by atoms with Crippen LogP contribution in [0.1, 0.15) is 11.7 Å². The highest BCUT2D eigenvalue weighted by molar-refractivity contribution is 4.90. The first-order valence-corrected chi connectivity index (χ1v) is 4.61. The molecule has 0 fully saturated rings. The lowest BCUT2D eigenvalue weighted by Crippen LogP contribution is -2.29. The summed E-state index contributed by atoms with van der Waals surface area (Å²) in [6.07, 6.45) is 1.66. The minimum absolute atomic E-state index is 0.0691. The maximum Gasteiger partial charge on any atom is 0.208 e. The maximum atomic E-state index is 8.77. The molecule has 1 aromatic heterocycles. The molecule has 0 saturated heterocycles. The van der Waals surface area contributed by atoms with Crippen molar-refractivity contribution in [2.24, 2.45) is 0 Å². The zero-order chi connectivity index (χ0) is 10.4. The third-order valence-electron chi connectivity index (χ3n) is 1.86. The largest absolute Gasteiger partial charge is 0.445 e. The second-order valence-electron chi connectivity index (χ2n) is 3.09. The molecule has 0 saturated carbocycles. The first-order chi connectivity index (χ1) is 6.76. The molecular weight excluding hydrogens is 184 g/mol. The summed E-state index contributed by atoms with van der Waals surface area (Å²) >= 11 is 0. The van der Waals surface area contributed by atoms with Crippen LogP contribution in [0.15, 0.2) is 10.6 Å². The van der Waals surface area contributed by atoms with Crippen LogP contribution in [-0.4, -0.2) is 46.4 Å². The first-order valence-electron chi connectivity index (χ1n) is 4.61. The topological polar surface area (TPSA) is 69.7 Å². The van der Waals surface area contributed by atoms with Gasteiger partial charge in [-0.1, -0.05) is 0 Å². The number of hydrogen-bond donors (Lipinski definition) is 2. The van der Waals surface area contributed by atoms with Crippen LogP contribution in [0.25, 0.3) is 0 Å². The molecule has 0 aliphatic rings. The monoisotopic (exact) mass is 200 g/mol. The number of aliphatic hydroxyl groups is 2. The molecule has 1 aromatic rings. The average molecular weight is 200 g/mol. The van der Waals surface area contributed by atoms with Crippen molar-refractivity contribution < 1.29 is 14.6 Å². The van der Waals surface area contributed by atoms with Crippen LogP contribution < -0.4 is 0 Å². The third kappa shape index (κ3) is 3.45. The molecule has 0 aliphatic heterocycles. The fourth-order valence-corrected chi connectivity index (χ4v) is 1.22. The minimum atomic E-state index is 0.0691. The lowest BCUT2D eigenvalue weighted by molar-refractivity contribution is 0.146. The summed E-state index contributed by atoms with van der Waals surface area (Å²) in [5.74, 6) is 1.39. The Morgan fingerprint density at radius 2 is 2.00 bits per heavy atom. The molecule has 0 bridgehead atoms. The van der Waals surface area contributed by atoms with E-state index in [2.05, 4.69) is 4.98 Å². The number of oxazole rings is 1. The van der Waals surface area contributed by atoms with E-state index in [0.29, 0.717) is 25.5 Å². The molecule has 0 spiro atoms. The number of rotatable bonds is 6. The second kappa shape index (κ2) is 5.74. The Labute approximate surface area is 83.0 Å². The summed E-state index contributed by atoms with van der Waals surface area (Å²) in [4.78, 5) is 5.93. The highest BCUT2D eigenvalue weighted by Crippen LogP contribution is 2.04. The molecule has 1 heterocycles. The number of hydrogen-bond acceptors (Lipinski definition) is 5. The van der Waals surface area contributed by atoms with Crippen LogP contribution >= 0.6 is 0 Å². The molecule has 5 nitrogen and oxygen atoms in total. The van der Waals surface area contributed by atoms with Gasteiger partial charge in [-0.2, -0.15) is 0 Å². The van der Waals surface area contributed by atoms with Crippen molar-refractivity contribution in [2.45, 2.75) is 13.5 Å². The Morgan fingerprint density at radius 3 is 2.43 bits per heavy atom. The van der Waals surface area contributed by atoms with E-state index in [1.807, 2.05) is 11.8 Å². The van der Waals surface area contributed by atoms with E-state index in [0.717, 1.165) is 5.76 Å². The van der Waals surface area contributed by atoms with E-state index in [-0.39, 0.29) is 13.2 Å². The number of aliphatic hydroxyl groups excluding tert-OH is 2. The predicted octanol–water partition coefficient (Wildman–Crippen LogP) is -0.230. The second-order valence-corrected chi connectivity index (χ2v) is 3.09. The van der Waals surface area contributed by atoms with Crippen LogP contribution in [-0.2, 0) is 6.54 Å². The van der Waals surface area contributed by atoms with E-state index >= 15 is 0 Å². The van der Waals surface area contributed by atoms with E-state index in [1.165, 1.54) is 0 Å². The molecular formula is C9H16N2O3. The number of nitrogens with zero attached hydrogens (tertiary/aromatic N) is 2. The van der Waals surface area contributed by atoms with Gasteiger partial charge in [0.15, 0.2) is 0 Å². The molecule has 0 aliphatic carbocycles. The van der Waals surface area contributed by atoms with Gasteiger partial charge in [-0.15, -0.1) is 0 Å². The van der Waals surface area contributed by atoms with Crippen LogP contribution in [0.4, 0.5) is 0 Å². The molecule has 0 amide bonds. The summed E-state index contributed by atoms with van der Waals surface area (Å²) in [6.45, 7) is 3.53. The van der Waals surface area contributed by atoms with Crippen molar-refractivity contribution in [1.82, 2.24) is 9.88 Å². The maximum absolute atomic E-state index is 8.77. The molecule has 0 atom stereocenters. The van der Waals surface area contributed by atoms with Gasteiger partial charge >= 0.3 is 0 Å². The zero-order valence-corrected chi connectivity index (χ0v) is 8.31. The van der Waals surface area contributed by atoms with Crippen LogP contribution in [0.2, 0.25) is 0 Å². The molecule has 1 rings (SSSR count). The summed E-state index contributed by atoms with van der Waals surface area (Å²) in [7, 11) is 0. The van der Waals surface area contributed by atoms with Crippen molar-refractivity contribution >= 4 is 0 Å². The minimum Gasteiger partial charge on any atom is -0.445 e. The lowest BCUT2D eigenvalue weighted by Gasteiger charge is -2.17. The molecule has 80 valence electrons. The van der Waals surface area contributed by atoms with Crippen LogP contribution in [0.3, 0.4) is 0 Å². The summed E-state index contributed by atoms with van der Waals surface area (Å²) in [6, 6.07) is 0. The van der Waals surface area contributed by atoms with E-state index in [9.17, 15) is 0 Å². The van der Waals surface area contributed by atoms with Gasteiger partial charge in [-0.3, -0.25) is 4.90 Å². The Kier molecular flexibility index (Phi) is 4.58. The predicted molar refractivity (Wildman–Crippen MR) is 50.7 cm³/mol. The van der Waals surface area contributed by atoms with E-state index in [1.54, 1.807) is 6.20 Å². The Morgan fingerprint density at radius 1 is 1.36 bits per heavy atom. The van der Waals surface area contributed by atoms with Gasteiger partial charge in [0.2, 0.25) is 5.89 Å². The normalized spacial score (nSPS) is 11.1. The van der Waals surface area contributed by atoms with Crippen molar-refractivity contribution in [3.8, 4) is 0 Å². The SMILES string of the molecule is Cc1cnc(CN(CCO)CCO)o1. The van der Waals surface area contributed by atoms with Gasteiger partial charge in [0.25, 0.3) is 0 Å². The third-order valence-corrected chi connectivity index (χ3v) is 1.86. The van der Waals surface area contributed by atoms with E-state index in [4.69, 9.17) is 14.6 Å². The molecule has 14 heavy (non-hydrogen) atoms. The van der Waals surface area contributed by atoms with Gasteiger partial charge in [0.05, 0.1) is 26.0 Å². The zero-order valence-electron chi connectivity index (χ0n) is 8.31. The highest BCUT2D eigenvalue weighted by Gasteiger charge is 2.08. The smallest absolute Gasteiger partial charge is 0.208 e. The van der Waals surface area contributed by atoms with E-state index < -0.39 is 0 Å². The number of aryl methyl sites for hydroxylation is 1. The van der Waals surface area contributed by atoms with Gasteiger partial charge in [0, 0.05) is 13.1 Å². The first kappa shape index (κ1) is 11.2. The summed E-state index contributed by atoms with van der Waals surface area (Å²) in [5.41, 5.74) is 0. The molecule has 0 unspecified atom stereocenters. The lowest BCUT2D eigenvalue weighted by atomic mass is 10.4. The number of aromatic nitrogens is 1. The molecule has 5 heteroatoms. The summed E-state index contributed by atoms with van der Waals surface area (Å²) < 4.78 is 5.29. The van der Waals surface area contributed by atoms with Crippen LogP contribution in [0, 0.1) is 6.92 Å². The Bertz CT molecular complexity index is 256. The standard InChI is InChI=1S/C9H16N2O3/c1-8-6-10-9(14-8)7-11(2-4-12)3-5-13/h6,12-13H,2-5,7H2,1H3. The average Bonchev–Trinajstić information content (AvgIpc) is 2.52. The van der Waals surface area contributed by atoms with Crippen molar-refractivity contribution in [3.05, 3.63) is 17.8 Å². The fraction of sp³-hybridized carbons (Fsp3) is 0.667. The van der Waals surface area contributed by atoms with Gasteiger partial charge in [-0.05, 0) is 6.92 Å². The van der Waals surface area contributed by atoms with Crippen molar-refractivity contribution in [3.63, 3.8) is 0 Å². The quantitative estimate of drug-likeness (QED) is 0.663. The molecule has 2 N–H and O–H groups in total. The highest BCUT2D eigenvalue weighted by atomic mass is 16.4. The molecule has 0 radical (unpaired) electrons. The Hall–Kier alpha value is -0.910. The Balaban J connectivity index is 2.46. The fourth-order valence-electron chi connectivity index (χ4n) is 1.22. The van der Waals surface area contributed by atoms with Crippen LogP contribution in [0.5, 0.6) is 0 Å². The van der Waals surface area contributed by atoms with Crippen molar-refractivity contribution in [2.75, 3.05) is 26.3 Å². The van der Waals surface area contributed by atoms with Gasteiger partial charge < -0.3 is 14.6 Å².